The maximum atomic E-state index is 4.23. The molecule has 1 aromatic heterocycles. The average molecular weight is 280 g/mol. The summed E-state index contributed by atoms with van der Waals surface area (Å²) in [4.78, 5) is 0. The van der Waals surface area contributed by atoms with Gasteiger partial charge in [-0.1, -0.05) is 19.6 Å². The zero-order valence-electron chi connectivity index (χ0n) is 7.35. The van der Waals surface area contributed by atoms with Crippen LogP contribution >= 0.6 is 22.6 Å². The van der Waals surface area contributed by atoms with Gasteiger partial charge in [0.2, 0.25) is 0 Å². The molecule has 1 aromatic rings. The molecule has 0 radical (unpaired) electrons. The first-order valence-electron chi connectivity index (χ1n) is 3.61. The first kappa shape index (κ1) is 9.25. The molecule has 0 aliphatic rings. The lowest BCUT2D eigenvalue weighted by atomic mass is 10.7. The number of hydrogen-bond acceptors (Lipinski definition) is 1. The van der Waals surface area contributed by atoms with E-state index >= 15 is 0 Å². The largest absolute Gasteiger partial charge is 0.276 e. The van der Waals surface area contributed by atoms with Crippen LogP contribution in [0.4, 0.5) is 0 Å². The van der Waals surface area contributed by atoms with Gasteiger partial charge in [-0.2, -0.15) is 5.10 Å². The highest BCUT2D eigenvalue weighted by atomic mass is 127. The molecule has 4 heteroatoms. The van der Waals surface area contributed by atoms with E-state index in [1.54, 1.807) is 0 Å². The Labute approximate surface area is 82.1 Å². The van der Waals surface area contributed by atoms with Gasteiger partial charge in [-0.05, 0) is 22.6 Å². The fourth-order valence-electron chi connectivity index (χ4n) is 1.25. The number of aromatic nitrogens is 2. The van der Waals surface area contributed by atoms with Gasteiger partial charge >= 0.3 is 0 Å². The lowest BCUT2D eigenvalue weighted by Gasteiger charge is -2.16. The molecule has 1 heterocycles. The van der Waals surface area contributed by atoms with Crippen LogP contribution in [0.2, 0.25) is 19.6 Å². The maximum Gasteiger partial charge on any atom is 0.102 e. The van der Waals surface area contributed by atoms with Crippen LogP contribution in [0.3, 0.4) is 0 Å². The van der Waals surface area contributed by atoms with Gasteiger partial charge in [-0.15, -0.1) is 0 Å². The van der Waals surface area contributed by atoms with E-state index in [1.165, 1.54) is 8.89 Å². The van der Waals surface area contributed by atoms with Crippen LogP contribution in [-0.2, 0) is 7.05 Å². The standard InChI is InChI=1S/C7H13IN2Si/c1-10-7(11(2,3)4)6(8)5-9-10/h5H,1-4H3. The SMILES string of the molecule is Cn1ncc(I)c1[Si](C)(C)C. The summed E-state index contributed by atoms with van der Waals surface area (Å²) in [5, 5.41) is 5.67. The number of rotatable bonds is 1. The van der Waals surface area contributed by atoms with Crippen LogP contribution in [0.15, 0.2) is 6.20 Å². The molecule has 0 atom stereocenters. The van der Waals surface area contributed by atoms with Crippen molar-refractivity contribution < 1.29 is 0 Å². The van der Waals surface area contributed by atoms with E-state index in [2.05, 4.69) is 47.3 Å². The van der Waals surface area contributed by atoms with Crippen LogP contribution in [0, 0.1) is 3.57 Å². The Morgan fingerprint density at radius 2 is 2.00 bits per heavy atom. The third-order valence-corrected chi connectivity index (χ3v) is 4.92. The van der Waals surface area contributed by atoms with Gasteiger partial charge in [0.05, 0.1) is 6.20 Å². The first-order chi connectivity index (χ1) is 4.93. The Kier molecular flexibility index (Phi) is 2.43. The summed E-state index contributed by atoms with van der Waals surface area (Å²) in [5.41, 5.74) is 0. The van der Waals surface area contributed by atoms with E-state index < -0.39 is 8.07 Å². The van der Waals surface area contributed by atoms with Crippen molar-refractivity contribution in [1.29, 1.82) is 0 Å². The molecule has 0 fully saturated rings. The lowest BCUT2D eigenvalue weighted by molar-refractivity contribution is 0.786. The Hall–Kier alpha value is 0.157. The topological polar surface area (TPSA) is 17.8 Å². The van der Waals surface area contributed by atoms with Crippen LogP contribution in [0.1, 0.15) is 0 Å². The third-order valence-electron chi connectivity index (χ3n) is 1.60. The van der Waals surface area contributed by atoms with E-state index in [9.17, 15) is 0 Å². The molecule has 0 aromatic carbocycles. The van der Waals surface area contributed by atoms with Gasteiger partial charge in [0.25, 0.3) is 0 Å². The number of nitrogens with zero attached hydrogens (tertiary/aromatic N) is 2. The van der Waals surface area contributed by atoms with Gasteiger partial charge in [-0.25, -0.2) is 0 Å². The highest BCUT2D eigenvalue weighted by Gasteiger charge is 2.23. The maximum absolute atomic E-state index is 4.23. The summed E-state index contributed by atoms with van der Waals surface area (Å²) >= 11 is 2.36. The van der Waals surface area contributed by atoms with Gasteiger partial charge in [0, 0.05) is 15.9 Å². The van der Waals surface area contributed by atoms with Crippen LogP contribution in [0.25, 0.3) is 0 Å². The number of hydrogen-bond donors (Lipinski definition) is 0. The smallest absolute Gasteiger partial charge is 0.102 e. The van der Waals surface area contributed by atoms with Crippen LogP contribution < -0.4 is 5.32 Å². The predicted molar refractivity (Wildman–Crippen MR) is 58.9 cm³/mol. The van der Waals surface area contributed by atoms with Gasteiger partial charge in [0.15, 0.2) is 0 Å². The monoisotopic (exact) mass is 280 g/mol. The second-order valence-corrected chi connectivity index (χ2v) is 9.85. The molecule has 11 heavy (non-hydrogen) atoms. The quantitative estimate of drug-likeness (QED) is 0.564. The molecule has 0 aliphatic heterocycles. The molecule has 2 nitrogen and oxygen atoms in total. The first-order valence-corrected chi connectivity index (χ1v) is 8.19. The molecule has 0 aliphatic carbocycles. The van der Waals surface area contributed by atoms with Crippen molar-refractivity contribution in [2.45, 2.75) is 19.6 Å². The summed E-state index contributed by atoms with van der Waals surface area (Å²) in [6, 6.07) is 0. The molecule has 0 unspecified atom stereocenters. The Bertz CT molecular complexity index is 242. The summed E-state index contributed by atoms with van der Waals surface area (Å²) in [7, 11) is 0.846. The Morgan fingerprint density at radius 3 is 2.18 bits per heavy atom. The molecule has 0 saturated heterocycles. The van der Waals surface area contributed by atoms with E-state index in [1.807, 2.05) is 17.9 Å². The summed E-state index contributed by atoms with van der Waals surface area (Å²) in [5.74, 6) is 0. The minimum Gasteiger partial charge on any atom is -0.276 e. The second-order valence-electron chi connectivity index (χ2n) is 3.71. The fourth-order valence-corrected chi connectivity index (χ4v) is 5.96. The molecule has 0 amide bonds. The second kappa shape index (κ2) is 2.89. The summed E-state index contributed by atoms with van der Waals surface area (Å²) in [6.07, 6.45) is 1.94. The van der Waals surface area contributed by atoms with Crippen molar-refractivity contribution in [1.82, 2.24) is 9.78 Å². The number of aryl methyl sites for hydroxylation is 1. The van der Waals surface area contributed by atoms with E-state index in [0.717, 1.165) is 0 Å². The van der Waals surface area contributed by atoms with E-state index in [-0.39, 0.29) is 0 Å². The van der Waals surface area contributed by atoms with Crippen LogP contribution in [0.5, 0.6) is 0 Å². The van der Waals surface area contributed by atoms with Gasteiger partial charge in [-0.3, -0.25) is 4.68 Å². The minimum absolute atomic E-state index is 1.18. The zero-order valence-corrected chi connectivity index (χ0v) is 10.5. The molecule has 62 valence electrons. The molecule has 0 spiro atoms. The van der Waals surface area contributed by atoms with Crippen LogP contribution in [-0.4, -0.2) is 17.9 Å². The molecule has 0 saturated carbocycles. The number of halogens is 1. The highest BCUT2D eigenvalue weighted by Crippen LogP contribution is 2.07. The molecular weight excluding hydrogens is 267 g/mol. The minimum atomic E-state index is -1.18. The normalized spacial score (nSPS) is 12.1. The van der Waals surface area contributed by atoms with Crippen molar-refractivity contribution in [2.75, 3.05) is 0 Å². The Morgan fingerprint density at radius 1 is 1.45 bits per heavy atom. The van der Waals surface area contributed by atoms with Crippen molar-refractivity contribution in [2.24, 2.45) is 7.05 Å². The zero-order chi connectivity index (χ0) is 8.65. The van der Waals surface area contributed by atoms with Gasteiger partial charge in [0.1, 0.15) is 8.07 Å². The Balaban J connectivity index is 3.21. The fraction of sp³-hybridized carbons (Fsp3) is 0.571. The summed E-state index contributed by atoms with van der Waals surface area (Å²) in [6.45, 7) is 7.02. The van der Waals surface area contributed by atoms with E-state index in [4.69, 9.17) is 0 Å². The average Bonchev–Trinajstić information content (AvgIpc) is 2.08. The van der Waals surface area contributed by atoms with E-state index in [0.29, 0.717) is 0 Å². The van der Waals surface area contributed by atoms with Crippen molar-refractivity contribution in [3.63, 3.8) is 0 Å². The van der Waals surface area contributed by atoms with Crippen molar-refractivity contribution >= 4 is 36.0 Å². The van der Waals surface area contributed by atoms with Crippen molar-refractivity contribution in [3.05, 3.63) is 9.77 Å². The predicted octanol–water partition coefficient (Wildman–Crippen LogP) is 1.57. The molecular formula is C7H13IN2Si. The lowest BCUT2D eigenvalue weighted by Crippen LogP contribution is -2.44. The van der Waals surface area contributed by atoms with Gasteiger partial charge < -0.3 is 0 Å². The third kappa shape index (κ3) is 1.84. The molecule has 1 rings (SSSR count). The molecule has 0 bridgehead atoms. The summed E-state index contributed by atoms with van der Waals surface area (Å²) < 4.78 is 3.32. The van der Waals surface area contributed by atoms with Crippen molar-refractivity contribution in [3.8, 4) is 0 Å². The highest BCUT2D eigenvalue weighted by molar-refractivity contribution is 14.1. The molecule has 0 N–H and O–H groups in total.